The minimum Gasteiger partial charge on any atom is -0.481 e. The third kappa shape index (κ3) is 5.84. The Labute approximate surface area is 216 Å². The maximum absolute atomic E-state index is 13.4. The van der Waals surface area contributed by atoms with Gasteiger partial charge in [0.25, 0.3) is 5.91 Å². The lowest BCUT2D eigenvalue weighted by molar-refractivity contribution is -0.141. The third-order valence-corrected chi connectivity index (χ3v) is 7.81. The summed E-state index contributed by atoms with van der Waals surface area (Å²) in [6.45, 7) is 0.261. The molecular weight excluding hydrogens is 470 g/mol. The summed E-state index contributed by atoms with van der Waals surface area (Å²) in [4.78, 5) is 37.2. The van der Waals surface area contributed by atoms with Gasteiger partial charge in [0.1, 0.15) is 0 Å². The molecule has 0 saturated heterocycles. The fourth-order valence-corrected chi connectivity index (χ4v) is 5.80. The van der Waals surface area contributed by atoms with Gasteiger partial charge in [-0.3, -0.25) is 14.4 Å². The molecule has 3 atom stereocenters. The second-order valence-electron chi connectivity index (χ2n) is 10.3. The van der Waals surface area contributed by atoms with Crippen LogP contribution in [0.4, 0.5) is 0 Å². The molecule has 5 rings (SSSR count). The summed E-state index contributed by atoms with van der Waals surface area (Å²) in [6.07, 6.45) is 6.09. The molecule has 1 aliphatic heterocycles. The number of carbonyl (C=O) groups excluding carboxylic acids is 2. The molecule has 0 bridgehead atoms. The van der Waals surface area contributed by atoms with E-state index >= 15 is 0 Å². The van der Waals surface area contributed by atoms with E-state index in [4.69, 9.17) is 4.74 Å². The summed E-state index contributed by atoms with van der Waals surface area (Å²) in [7, 11) is 0. The van der Waals surface area contributed by atoms with E-state index in [2.05, 4.69) is 10.4 Å². The van der Waals surface area contributed by atoms with Crippen LogP contribution in [0.15, 0.2) is 59.7 Å². The monoisotopic (exact) mass is 503 g/mol. The number of nitrogens with one attached hydrogen (secondary N) is 1. The first kappa shape index (κ1) is 25.0. The average molecular weight is 504 g/mol. The number of benzene rings is 2. The van der Waals surface area contributed by atoms with Gasteiger partial charge in [0.05, 0.1) is 18.4 Å². The van der Waals surface area contributed by atoms with Gasteiger partial charge in [-0.1, -0.05) is 55.3 Å². The van der Waals surface area contributed by atoms with E-state index < -0.39 is 5.97 Å². The van der Waals surface area contributed by atoms with Gasteiger partial charge in [0.15, 0.2) is 6.61 Å². The van der Waals surface area contributed by atoms with Crippen molar-refractivity contribution >= 4 is 23.7 Å². The Kier molecular flexibility index (Phi) is 7.53. The maximum atomic E-state index is 13.4. The van der Waals surface area contributed by atoms with Crippen molar-refractivity contribution in [1.82, 2.24) is 10.3 Å². The number of hydrogen-bond acceptors (Lipinski definition) is 5. The Balaban J connectivity index is 1.29. The minimum absolute atomic E-state index is 0.00357. The molecule has 0 spiro atoms. The zero-order chi connectivity index (χ0) is 25.8. The summed E-state index contributed by atoms with van der Waals surface area (Å²) >= 11 is 0. The van der Waals surface area contributed by atoms with E-state index in [1.165, 1.54) is 5.01 Å². The van der Waals surface area contributed by atoms with Gasteiger partial charge in [-0.05, 0) is 61.3 Å². The maximum Gasteiger partial charge on any atom is 0.306 e. The van der Waals surface area contributed by atoms with Crippen LogP contribution in [-0.2, 0) is 25.7 Å². The topological polar surface area (TPSA) is 108 Å². The lowest BCUT2D eigenvalue weighted by Crippen LogP contribution is -2.39. The molecule has 8 heteroatoms. The molecular formula is C29H33N3O5. The van der Waals surface area contributed by atoms with Crippen molar-refractivity contribution in [3.05, 3.63) is 71.3 Å². The Bertz CT molecular complexity index is 1160. The van der Waals surface area contributed by atoms with Crippen LogP contribution in [0.3, 0.4) is 0 Å². The summed E-state index contributed by atoms with van der Waals surface area (Å²) < 4.78 is 5.53. The van der Waals surface area contributed by atoms with Gasteiger partial charge in [-0.2, -0.15) is 0 Å². The molecule has 0 aromatic heterocycles. The van der Waals surface area contributed by atoms with Crippen LogP contribution in [0.25, 0.3) is 0 Å². The molecule has 194 valence electrons. The van der Waals surface area contributed by atoms with Crippen molar-refractivity contribution in [2.45, 2.75) is 63.5 Å². The number of rotatable bonds is 8. The number of carbonyl (C=O) groups is 3. The number of ether oxygens (including phenoxy) is 1. The Morgan fingerprint density at radius 1 is 1.03 bits per heavy atom. The molecule has 0 radical (unpaired) electrons. The van der Waals surface area contributed by atoms with Crippen LogP contribution in [0.2, 0.25) is 0 Å². The van der Waals surface area contributed by atoms with E-state index in [1.54, 1.807) is 0 Å². The predicted molar refractivity (Wildman–Crippen MR) is 138 cm³/mol. The fraction of sp³-hybridized carbons (Fsp3) is 0.448. The molecule has 2 aromatic rings. The highest BCUT2D eigenvalue weighted by Gasteiger charge is 2.36. The summed E-state index contributed by atoms with van der Waals surface area (Å²) in [5, 5.41) is 18.3. The number of hydrogen-bond donors (Lipinski definition) is 2. The highest BCUT2D eigenvalue weighted by atomic mass is 16.5. The van der Waals surface area contributed by atoms with Crippen molar-refractivity contribution in [3.63, 3.8) is 0 Å². The lowest BCUT2D eigenvalue weighted by atomic mass is 9.83. The number of carboxylic acids is 1. The number of amides is 2. The largest absolute Gasteiger partial charge is 0.481 e. The van der Waals surface area contributed by atoms with Crippen molar-refractivity contribution in [2.24, 2.45) is 16.9 Å². The number of carboxylic acid groups (broad SMARTS) is 1. The van der Waals surface area contributed by atoms with Crippen molar-refractivity contribution < 1.29 is 24.2 Å². The van der Waals surface area contributed by atoms with Gasteiger partial charge in [0.2, 0.25) is 11.8 Å². The Morgan fingerprint density at radius 2 is 1.76 bits per heavy atom. The Morgan fingerprint density at radius 3 is 2.43 bits per heavy atom. The van der Waals surface area contributed by atoms with E-state index in [1.807, 2.05) is 54.6 Å². The van der Waals surface area contributed by atoms with Crippen molar-refractivity contribution in [3.8, 4) is 0 Å². The normalized spacial score (nSPS) is 22.9. The summed E-state index contributed by atoms with van der Waals surface area (Å²) in [5.41, 5.74) is 2.70. The molecule has 3 aliphatic rings. The average Bonchev–Trinajstić information content (AvgIpc) is 3.60. The number of aliphatic carboxylic acids is 1. The first-order valence-electron chi connectivity index (χ1n) is 13.2. The van der Waals surface area contributed by atoms with Gasteiger partial charge in [-0.15, -0.1) is 5.10 Å². The molecule has 37 heavy (non-hydrogen) atoms. The predicted octanol–water partition coefficient (Wildman–Crippen LogP) is 4.05. The van der Waals surface area contributed by atoms with Crippen LogP contribution >= 0.6 is 0 Å². The third-order valence-electron chi connectivity index (χ3n) is 7.81. The van der Waals surface area contributed by atoms with E-state index in [-0.39, 0.29) is 42.2 Å². The standard InChI is InChI=1S/C29H33N3O5/c33-25-18-37-28(22-8-2-1-3-9-22)31-32(25)17-19-10-12-21(13-11-19)26(20-6-4-5-7-20)27(34)30-24-15-14-23(16-24)29(35)36/h1-3,8-13,20,23-24,26H,4-7,14-18H2,(H,30,34)(H,35,36)/t23-,24-,26?/m0/s1. The number of hydrazone groups is 1. The zero-order valence-corrected chi connectivity index (χ0v) is 20.8. The smallest absolute Gasteiger partial charge is 0.306 e. The van der Waals surface area contributed by atoms with Gasteiger partial charge < -0.3 is 15.2 Å². The van der Waals surface area contributed by atoms with Gasteiger partial charge >= 0.3 is 5.97 Å². The molecule has 1 heterocycles. The molecule has 2 aromatic carbocycles. The molecule has 2 N–H and O–H groups in total. The fourth-order valence-electron chi connectivity index (χ4n) is 5.80. The zero-order valence-electron chi connectivity index (χ0n) is 20.8. The van der Waals surface area contributed by atoms with Crippen LogP contribution < -0.4 is 5.32 Å². The Hall–Kier alpha value is -3.68. The van der Waals surface area contributed by atoms with Crippen molar-refractivity contribution in [1.29, 1.82) is 0 Å². The first-order chi connectivity index (χ1) is 18.0. The lowest BCUT2D eigenvalue weighted by Gasteiger charge is -2.26. The minimum atomic E-state index is -0.779. The van der Waals surface area contributed by atoms with Crippen LogP contribution in [0.1, 0.15) is 67.6 Å². The molecule has 2 fully saturated rings. The summed E-state index contributed by atoms with van der Waals surface area (Å²) in [6, 6.07) is 17.3. The molecule has 1 unspecified atom stereocenters. The highest BCUT2D eigenvalue weighted by Crippen LogP contribution is 2.38. The molecule has 2 amide bonds. The second-order valence-corrected chi connectivity index (χ2v) is 10.3. The van der Waals surface area contributed by atoms with Gasteiger partial charge in [0, 0.05) is 11.6 Å². The number of nitrogens with zero attached hydrogens (tertiary/aromatic N) is 2. The van der Waals surface area contributed by atoms with Crippen molar-refractivity contribution in [2.75, 3.05) is 6.61 Å². The van der Waals surface area contributed by atoms with Gasteiger partial charge in [-0.25, -0.2) is 5.01 Å². The summed E-state index contributed by atoms with van der Waals surface area (Å²) in [5.74, 6) is -0.915. The second kappa shape index (κ2) is 11.2. The van der Waals surface area contributed by atoms with E-state index in [0.29, 0.717) is 31.7 Å². The quantitative estimate of drug-likeness (QED) is 0.565. The van der Waals surface area contributed by atoms with Crippen LogP contribution in [-0.4, -0.2) is 46.4 Å². The highest BCUT2D eigenvalue weighted by molar-refractivity contribution is 5.97. The molecule has 2 aliphatic carbocycles. The molecule has 2 saturated carbocycles. The van der Waals surface area contributed by atoms with Crippen LogP contribution in [0.5, 0.6) is 0 Å². The van der Waals surface area contributed by atoms with Crippen LogP contribution in [0, 0.1) is 11.8 Å². The SMILES string of the molecule is O=C(N[C@H]1CC[C@H](C(=O)O)C1)C(c1ccc(CN2N=C(c3ccccc3)OCC2=O)cc1)C1CCCC1. The van der Waals surface area contributed by atoms with E-state index in [0.717, 1.165) is 42.4 Å². The van der Waals surface area contributed by atoms with E-state index in [9.17, 15) is 19.5 Å². The first-order valence-corrected chi connectivity index (χ1v) is 13.2. The molecule has 8 nitrogen and oxygen atoms in total.